The molecule has 0 amide bonds. The first kappa shape index (κ1) is 4.96. The van der Waals surface area contributed by atoms with E-state index < -0.39 is 0 Å². The third-order valence-corrected chi connectivity index (χ3v) is 0.316. The Labute approximate surface area is 32.6 Å². The monoisotopic (exact) mass is 73.1 g/mol. The van der Waals surface area contributed by atoms with Crippen LogP contribution in [-0.4, -0.2) is 11.7 Å². The Morgan fingerprint density at radius 1 is 1.60 bits per heavy atom. The Hall–Kier alpha value is -0.0400. The van der Waals surface area contributed by atoms with Gasteiger partial charge in [0.15, 0.2) is 0 Å². The highest BCUT2D eigenvalue weighted by molar-refractivity contribution is 4.73. The third kappa shape index (κ3) is 3.96. The molecule has 0 aromatic heterocycles. The summed E-state index contributed by atoms with van der Waals surface area (Å²) in [6.07, 6.45) is 0. The lowest BCUT2D eigenvalue weighted by Crippen LogP contribution is -1.87. The molecule has 0 rings (SSSR count). The van der Waals surface area contributed by atoms with Crippen LogP contribution in [0.3, 0.4) is 0 Å². The zero-order valence-electron chi connectivity index (χ0n) is 3.65. The van der Waals surface area contributed by atoms with Crippen LogP contribution in [0.4, 0.5) is 0 Å². The van der Waals surface area contributed by atoms with E-state index in [1.165, 1.54) is 0 Å². The molecule has 0 fully saturated rings. The molecule has 31 valence electrons. The second-order valence-electron chi connectivity index (χ2n) is 1.37. The fraction of sp³-hybridized carbons (Fsp3) is 0.750. The molecular weight excluding hydrogens is 64.0 g/mol. The molecule has 1 N–H and O–H groups in total. The molecule has 0 aromatic carbocycles. The van der Waals surface area contributed by atoms with Crippen molar-refractivity contribution in [3.8, 4) is 0 Å². The summed E-state index contributed by atoms with van der Waals surface area (Å²) in [7, 11) is 0. The number of aliphatic hydroxyl groups is 1. The highest BCUT2D eigenvalue weighted by Gasteiger charge is 1.82. The summed E-state index contributed by atoms with van der Waals surface area (Å²) in [6, 6.07) is 0. The fourth-order valence-corrected chi connectivity index (χ4v) is 0. The Morgan fingerprint density at radius 2 is 1.80 bits per heavy atom. The summed E-state index contributed by atoms with van der Waals surface area (Å²) < 4.78 is 0. The van der Waals surface area contributed by atoms with Gasteiger partial charge in [0.05, 0.1) is 0 Å². The molecule has 0 aliphatic rings. The minimum Gasteiger partial charge on any atom is -0.396 e. The molecule has 0 spiro atoms. The molecular formula is C4H9O. The smallest absolute Gasteiger partial charge is 0.0488 e. The first-order chi connectivity index (χ1) is 2.27. The number of hydrogen-bond donors (Lipinski definition) is 1. The number of hydrogen-bond acceptors (Lipinski definition) is 1. The molecule has 1 radical (unpaired) electrons. The van der Waals surface area contributed by atoms with E-state index in [1.54, 1.807) is 0 Å². The van der Waals surface area contributed by atoms with Crippen LogP contribution in [0.2, 0.25) is 0 Å². The van der Waals surface area contributed by atoms with Gasteiger partial charge in [0.1, 0.15) is 0 Å². The highest BCUT2D eigenvalue weighted by Crippen LogP contribution is 1.87. The van der Waals surface area contributed by atoms with Crippen LogP contribution >= 0.6 is 0 Å². The molecule has 0 aliphatic carbocycles. The lowest BCUT2D eigenvalue weighted by molar-refractivity contribution is 0.311. The Morgan fingerprint density at radius 3 is 1.80 bits per heavy atom. The highest BCUT2D eigenvalue weighted by atomic mass is 16.3. The zero-order valence-corrected chi connectivity index (χ0v) is 3.65. The van der Waals surface area contributed by atoms with Crippen molar-refractivity contribution in [2.24, 2.45) is 0 Å². The Bertz CT molecular complexity index is 17.6. The van der Waals surface area contributed by atoms with Gasteiger partial charge in [-0.05, 0) is 5.92 Å². The van der Waals surface area contributed by atoms with Crippen molar-refractivity contribution in [3.05, 3.63) is 5.92 Å². The van der Waals surface area contributed by atoms with Crippen LogP contribution in [0, 0.1) is 5.92 Å². The molecule has 0 aromatic rings. The van der Waals surface area contributed by atoms with Gasteiger partial charge in [-0.2, -0.15) is 0 Å². The van der Waals surface area contributed by atoms with Gasteiger partial charge in [0.2, 0.25) is 0 Å². The molecule has 5 heavy (non-hydrogen) atoms. The number of rotatable bonds is 1. The minimum atomic E-state index is 0.222. The quantitative estimate of drug-likeness (QED) is 0.481. The summed E-state index contributed by atoms with van der Waals surface area (Å²) in [5, 5.41) is 8.11. The van der Waals surface area contributed by atoms with E-state index in [4.69, 9.17) is 5.11 Å². The molecule has 0 saturated heterocycles. The van der Waals surface area contributed by atoms with Gasteiger partial charge in [-0.1, -0.05) is 13.8 Å². The van der Waals surface area contributed by atoms with E-state index in [9.17, 15) is 0 Å². The Balaban J connectivity index is 2.54. The average Bonchev–Trinajstić information content (AvgIpc) is 1.38. The van der Waals surface area contributed by atoms with Crippen molar-refractivity contribution < 1.29 is 5.11 Å². The van der Waals surface area contributed by atoms with Gasteiger partial charge in [-0.15, -0.1) is 0 Å². The van der Waals surface area contributed by atoms with E-state index in [0.717, 1.165) is 5.92 Å². The van der Waals surface area contributed by atoms with Crippen molar-refractivity contribution in [2.75, 3.05) is 6.61 Å². The van der Waals surface area contributed by atoms with Crippen LogP contribution in [0.15, 0.2) is 0 Å². The molecule has 0 heterocycles. The largest absolute Gasteiger partial charge is 0.396 e. The predicted octanol–water partition coefficient (Wildman–Crippen LogP) is 0.593. The first-order valence-corrected chi connectivity index (χ1v) is 1.67. The van der Waals surface area contributed by atoms with Crippen molar-refractivity contribution >= 4 is 0 Å². The van der Waals surface area contributed by atoms with Crippen molar-refractivity contribution in [1.29, 1.82) is 0 Å². The summed E-state index contributed by atoms with van der Waals surface area (Å²) in [4.78, 5) is 0. The van der Waals surface area contributed by atoms with E-state index in [0.29, 0.717) is 0 Å². The van der Waals surface area contributed by atoms with Crippen LogP contribution in [0.25, 0.3) is 0 Å². The third-order valence-electron chi connectivity index (χ3n) is 0.316. The van der Waals surface area contributed by atoms with E-state index in [1.807, 2.05) is 13.8 Å². The molecule has 0 unspecified atom stereocenters. The predicted molar refractivity (Wildman–Crippen MR) is 21.7 cm³/mol. The first-order valence-electron chi connectivity index (χ1n) is 1.67. The van der Waals surface area contributed by atoms with Crippen molar-refractivity contribution in [2.45, 2.75) is 13.8 Å². The summed E-state index contributed by atoms with van der Waals surface area (Å²) >= 11 is 0. The van der Waals surface area contributed by atoms with Crippen molar-refractivity contribution in [3.63, 3.8) is 0 Å². The van der Waals surface area contributed by atoms with E-state index in [-0.39, 0.29) is 6.61 Å². The number of aliphatic hydroxyl groups excluding tert-OH is 1. The summed E-state index contributed by atoms with van der Waals surface area (Å²) in [5.41, 5.74) is 0. The van der Waals surface area contributed by atoms with Gasteiger partial charge in [0.25, 0.3) is 0 Å². The molecule has 0 bridgehead atoms. The van der Waals surface area contributed by atoms with E-state index >= 15 is 0 Å². The van der Waals surface area contributed by atoms with Gasteiger partial charge in [-0.3, -0.25) is 0 Å². The second-order valence-corrected chi connectivity index (χ2v) is 1.37. The zero-order chi connectivity index (χ0) is 4.28. The van der Waals surface area contributed by atoms with Crippen LogP contribution in [0.5, 0.6) is 0 Å². The van der Waals surface area contributed by atoms with Gasteiger partial charge in [0, 0.05) is 6.61 Å². The lowest BCUT2D eigenvalue weighted by atomic mass is 10.2. The van der Waals surface area contributed by atoms with Gasteiger partial charge in [-0.25, -0.2) is 0 Å². The van der Waals surface area contributed by atoms with Crippen molar-refractivity contribution in [1.82, 2.24) is 0 Å². The average molecular weight is 73.1 g/mol. The van der Waals surface area contributed by atoms with Crippen LogP contribution < -0.4 is 0 Å². The molecule has 1 heteroatoms. The lowest BCUT2D eigenvalue weighted by Gasteiger charge is -1.89. The maximum absolute atomic E-state index is 8.11. The molecule has 0 saturated carbocycles. The Kier molecular flexibility index (Phi) is 2.19. The minimum absolute atomic E-state index is 0.222. The van der Waals surface area contributed by atoms with Crippen LogP contribution in [0.1, 0.15) is 13.8 Å². The summed E-state index contributed by atoms with van der Waals surface area (Å²) in [5.74, 6) is 1.06. The topological polar surface area (TPSA) is 20.2 Å². The SMILES string of the molecule is C[C](C)CO. The second kappa shape index (κ2) is 2.21. The summed E-state index contributed by atoms with van der Waals surface area (Å²) in [6.45, 7) is 4.00. The van der Waals surface area contributed by atoms with Gasteiger partial charge < -0.3 is 5.11 Å². The molecule has 1 nitrogen and oxygen atoms in total. The van der Waals surface area contributed by atoms with Crippen LogP contribution in [-0.2, 0) is 0 Å². The normalized spacial score (nSPS) is 9.60. The van der Waals surface area contributed by atoms with E-state index in [2.05, 4.69) is 0 Å². The maximum Gasteiger partial charge on any atom is 0.0488 e. The maximum atomic E-state index is 8.11. The molecule has 0 aliphatic heterocycles. The fourth-order valence-electron chi connectivity index (χ4n) is 0. The molecule has 0 atom stereocenters. The standard InChI is InChI=1S/C4H9O/c1-4(2)3-5/h5H,3H2,1-2H3. The van der Waals surface area contributed by atoms with Gasteiger partial charge >= 0.3 is 0 Å².